The average molecular weight is 474 g/mol. The fraction of sp³-hybridized carbons (Fsp3) is 0.417. The van der Waals surface area contributed by atoms with E-state index in [-0.39, 0.29) is 5.91 Å². The Morgan fingerprint density at radius 1 is 1.11 bits per heavy atom. The number of fused-ring (bicyclic) bond motifs is 2. The van der Waals surface area contributed by atoms with Crippen molar-refractivity contribution in [1.29, 1.82) is 0 Å². The third kappa shape index (κ3) is 3.86. The molecule has 0 spiro atoms. The van der Waals surface area contributed by atoms with Gasteiger partial charge >= 0.3 is 6.03 Å². The molecule has 1 aromatic carbocycles. The molecule has 0 saturated carbocycles. The number of aryl methyl sites for hydroxylation is 2. The smallest absolute Gasteiger partial charge is 0.325 e. The molecule has 3 aliphatic rings. The highest BCUT2D eigenvalue weighted by atomic mass is 16.2. The predicted molar refractivity (Wildman–Crippen MR) is 127 cm³/mol. The Morgan fingerprint density at radius 2 is 1.97 bits per heavy atom. The van der Waals surface area contributed by atoms with Crippen LogP contribution in [-0.4, -0.2) is 70.6 Å². The number of imidazole rings is 1. The molecule has 11 heteroatoms. The number of amidine groups is 1. The molecule has 2 aromatic heterocycles. The largest absolute Gasteiger partial charge is 0.340 e. The first-order valence-electron chi connectivity index (χ1n) is 12.0. The van der Waals surface area contributed by atoms with E-state index in [0.29, 0.717) is 19.5 Å². The highest BCUT2D eigenvalue weighted by molar-refractivity contribution is 6.04. The van der Waals surface area contributed by atoms with Gasteiger partial charge in [-0.15, -0.1) is 0 Å². The monoisotopic (exact) mass is 473 g/mol. The molecule has 11 nitrogen and oxygen atoms in total. The molecule has 1 N–H and O–H groups in total. The lowest BCUT2D eigenvalue weighted by molar-refractivity contribution is -0.127. The molecule has 1 fully saturated rings. The molecule has 1 saturated heterocycles. The van der Waals surface area contributed by atoms with Crippen LogP contribution in [0, 0.1) is 0 Å². The molecule has 180 valence electrons. The second-order valence-corrected chi connectivity index (χ2v) is 9.09. The van der Waals surface area contributed by atoms with Gasteiger partial charge in [-0.1, -0.05) is 12.1 Å². The van der Waals surface area contributed by atoms with Crippen molar-refractivity contribution < 1.29 is 9.59 Å². The summed E-state index contributed by atoms with van der Waals surface area (Å²) in [7, 11) is 0. The van der Waals surface area contributed by atoms with Crippen LogP contribution in [0.3, 0.4) is 0 Å². The van der Waals surface area contributed by atoms with Crippen molar-refractivity contribution in [2.45, 2.75) is 57.9 Å². The number of nitrogens with one attached hydrogen (secondary N) is 1. The molecule has 3 amide bonds. The Balaban J connectivity index is 1.31. The van der Waals surface area contributed by atoms with Gasteiger partial charge in [-0.05, 0) is 37.5 Å². The summed E-state index contributed by atoms with van der Waals surface area (Å²) in [6.45, 7) is 3.85. The first kappa shape index (κ1) is 21.5. The predicted octanol–water partition coefficient (Wildman–Crippen LogP) is 1.52. The van der Waals surface area contributed by atoms with Crippen LogP contribution in [0.25, 0.3) is 5.69 Å². The van der Waals surface area contributed by atoms with Crippen molar-refractivity contribution in [3.05, 3.63) is 60.2 Å². The van der Waals surface area contributed by atoms with E-state index in [0.717, 1.165) is 48.0 Å². The topological polar surface area (TPSA) is 114 Å². The first-order chi connectivity index (χ1) is 17.1. The summed E-state index contributed by atoms with van der Waals surface area (Å²) in [6, 6.07) is 7.01. The number of hydrogen-bond acceptors (Lipinski definition) is 7. The Hall–Kier alpha value is -4.02. The van der Waals surface area contributed by atoms with E-state index in [4.69, 9.17) is 9.98 Å². The number of nitrogens with zero attached hydrogens (tertiary/aromatic N) is 8. The van der Waals surface area contributed by atoms with Crippen LogP contribution in [0.4, 0.5) is 4.79 Å². The van der Waals surface area contributed by atoms with E-state index >= 15 is 0 Å². The minimum absolute atomic E-state index is 0.313. The molecular weight excluding hydrogens is 446 g/mol. The van der Waals surface area contributed by atoms with Crippen molar-refractivity contribution >= 4 is 17.8 Å². The summed E-state index contributed by atoms with van der Waals surface area (Å²) in [4.78, 5) is 42.9. The van der Waals surface area contributed by atoms with Crippen LogP contribution >= 0.6 is 0 Å². The van der Waals surface area contributed by atoms with Crippen molar-refractivity contribution in [3.63, 3.8) is 0 Å². The minimum atomic E-state index is -0.574. The zero-order valence-electron chi connectivity index (χ0n) is 19.5. The van der Waals surface area contributed by atoms with Crippen LogP contribution in [-0.2, 0) is 30.7 Å². The molecule has 2 unspecified atom stereocenters. The van der Waals surface area contributed by atoms with Gasteiger partial charge in [0.05, 0.1) is 11.4 Å². The fourth-order valence-electron chi connectivity index (χ4n) is 5.19. The van der Waals surface area contributed by atoms with Gasteiger partial charge in [0.25, 0.3) is 5.91 Å². The van der Waals surface area contributed by atoms with Crippen molar-refractivity contribution in [2.75, 3.05) is 6.54 Å². The number of aromatic nitrogens is 5. The molecule has 2 atom stereocenters. The highest BCUT2D eigenvalue weighted by Crippen LogP contribution is 2.28. The van der Waals surface area contributed by atoms with Gasteiger partial charge < -0.3 is 9.47 Å². The van der Waals surface area contributed by atoms with E-state index in [1.165, 1.54) is 12.7 Å². The fourth-order valence-corrected chi connectivity index (χ4v) is 5.19. The van der Waals surface area contributed by atoms with Gasteiger partial charge in [-0.25, -0.2) is 24.4 Å². The van der Waals surface area contributed by atoms with Crippen molar-refractivity contribution in [2.24, 2.45) is 4.99 Å². The summed E-state index contributed by atoms with van der Waals surface area (Å²) in [5.41, 5.74) is 2.88. The van der Waals surface area contributed by atoms with Crippen molar-refractivity contribution in [3.8, 4) is 5.69 Å². The SMILES string of the molecule is CCN1C(=O)NC(=O)C2C1N=C(Cc1cn3c(n1)CCCC3)N2Cc1ccc(-n2cncn2)cc1. The Morgan fingerprint density at radius 3 is 2.71 bits per heavy atom. The first-order valence-corrected chi connectivity index (χ1v) is 12.0. The number of hydrogen-bond donors (Lipinski definition) is 1. The maximum Gasteiger partial charge on any atom is 0.325 e. The Bertz CT molecular complexity index is 1260. The average Bonchev–Trinajstić information content (AvgIpc) is 3.59. The molecule has 0 aliphatic carbocycles. The molecule has 5 heterocycles. The number of carbonyl (C=O) groups excluding carboxylic acids is 2. The van der Waals surface area contributed by atoms with Gasteiger partial charge in [0, 0.05) is 38.7 Å². The third-order valence-corrected chi connectivity index (χ3v) is 6.92. The maximum atomic E-state index is 13.0. The summed E-state index contributed by atoms with van der Waals surface area (Å²) < 4.78 is 3.92. The number of aliphatic imine (C=N–C) groups is 1. The summed E-state index contributed by atoms with van der Waals surface area (Å²) in [5.74, 6) is 1.58. The number of amides is 3. The van der Waals surface area contributed by atoms with E-state index in [2.05, 4.69) is 26.2 Å². The van der Waals surface area contributed by atoms with E-state index < -0.39 is 18.2 Å². The number of likely N-dealkylation sites (N-methyl/N-ethyl adjacent to an activating group) is 1. The second kappa shape index (κ2) is 8.64. The van der Waals surface area contributed by atoms with Crippen LogP contribution < -0.4 is 5.32 Å². The zero-order valence-corrected chi connectivity index (χ0v) is 19.5. The molecule has 35 heavy (non-hydrogen) atoms. The van der Waals surface area contributed by atoms with Crippen LogP contribution in [0.1, 0.15) is 36.8 Å². The quantitative estimate of drug-likeness (QED) is 0.581. The van der Waals surface area contributed by atoms with Crippen LogP contribution in [0.2, 0.25) is 0 Å². The van der Waals surface area contributed by atoms with Crippen LogP contribution in [0.15, 0.2) is 48.1 Å². The lowest BCUT2D eigenvalue weighted by Gasteiger charge is -2.37. The van der Waals surface area contributed by atoms with E-state index in [9.17, 15) is 9.59 Å². The summed E-state index contributed by atoms with van der Waals surface area (Å²) >= 11 is 0. The normalized spacial score (nSPS) is 21.6. The van der Waals surface area contributed by atoms with E-state index in [1.54, 1.807) is 15.9 Å². The summed E-state index contributed by atoms with van der Waals surface area (Å²) in [6.07, 6.45) is 8.54. The summed E-state index contributed by atoms with van der Waals surface area (Å²) in [5, 5.41) is 6.69. The lowest BCUT2D eigenvalue weighted by Crippen LogP contribution is -2.64. The van der Waals surface area contributed by atoms with Crippen molar-refractivity contribution in [1.82, 2.24) is 39.4 Å². The Kier molecular flexibility index (Phi) is 5.31. The number of imide groups is 1. The zero-order chi connectivity index (χ0) is 23.9. The maximum absolute atomic E-state index is 13.0. The molecular formula is C24H27N9O2. The third-order valence-electron chi connectivity index (χ3n) is 6.92. The lowest BCUT2D eigenvalue weighted by atomic mass is 10.1. The number of benzene rings is 1. The number of rotatable bonds is 6. The van der Waals surface area contributed by atoms with Gasteiger partial charge in [0.2, 0.25) is 0 Å². The van der Waals surface area contributed by atoms with Crippen LogP contribution in [0.5, 0.6) is 0 Å². The number of carbonyl (C=O) groups is 2. The van der Waals surface area contributed by atoms with Gasteiger partial charge in [0.15, 0.2) is 12.2 Å². The molecule has 3 aliphatic heterocycles. The molecule has 0 bridgehead atoms. The van der Waals surface area contributed by atoms with Gasteiger partial charge in [0.1, 0.15) is 24.3 Å². The Labute approximate surface area is 202 Å². The van der Waals surface area contributed by atoms with E-state index in [1.807, 2.05) is 36.1 Å². The molecule has 6 rings (SSSR count). The highest BCUT2D eigenvalue weighted by Gasteiger charge is 2.49. The standard InChI is InChI=1S/C24H27N9O2/c1-2-31-22-21(23(34)29-24(31)35)32(12-16-6-8-18(9-7-16)33-15-25-14-26-33)20(28-22)11-17-13-30-10-4-3-5-19(30)27-17/h6-9,13-15,21-22H,2-5,10-12H2,1H3,(H,29,34,35). The molecule has 3 aromatic rings. The molecule has 0 radical (unpaired) electrons. The van der Waals surface area contributed by atoms with Gasteiger partial charge in [-0.3, -0.25) is 15.0 Å². The van der Waals surface area contributed by atoms with Gasteiger partial charge in [-0.2, -0.15) is 5.10 Å². The minimum Gasteiger partial charge on any atom is -0.340 e. The second-order valence-electron chi connectivity index (χ2n) is 9.09. The number of urea groups is 1.